The van der Waals surface area contributed by atoms with Crippen molar-refractivity contribution in [2.24, 2.45) is 0 Å². The fraction of sp³-hybridized carbons (Fsp3) is 0.476. The maximum atomic E-state index is 12.2. The number of hydrogen-bond donors (Lipinski definition) is 1. The van der Waals surface area contributed by atoms with Crippen molar-refractivity contribution in [2.45, 2.75) is 13.0 Å². The Kier molecular flexibility index (Phi) is 6.53. The third-order valence-corrected chi connectivity index (χ3v) is 5.01. The fourth-order valence-electron chi connectivity index (χ4n) is 3.48. The molecule has 2 heterocycles. The molecule has 0 aromatic heterocycles. The van der Waals surface area contributed by atoms with Crippen molar-refractivity contribution in [3.8, 4) is 0 Å². The number of cyclic esters (lactones) is 1. The Morgan fingerprint density at radius 1 is 1.14 bits per heavy atom. The van der Waals surface area contributed by atoms with E-state index in [2.05, 4.69) is 10.2 Å². The van der Waals surface area contributed by atoms with Gasteiger partial charge < -0.3 is 24.8 Å². The summed E-state index contributed by atoms with van der Waals surface area (Å²) < 4.78 is 5.29. The van der Waals surface area contributed by atoms with E-state index in [0.717, 1.165) is 24.3 Å². The lowest BCUT2D eigenvalue weighted by Gasteiger charge is -2.36. The smallest absolute Gasteiger partial charge is 0.339 e. The quantitative estimate of drug-likeness (QED) is 0.694. The highest BCUT2D eigenvalue weighted by Crippen LogP contribution is 2.26. The Morgan fingerprint density at radius 3 is 2.38 bits per heavy atom. The average molecular weight is 400 g/mol. The summed E-state index contributed by atoms with van der Waals surface area (Å²) >= 11 is 0. The summed E-state index contributed by atoms with van der Waals surface area (Å²) in [5, 5.41) is 2.66. The molecule has 1 N–H and O–H groups in total. The van der Waals surface area contributed by atoms with Crippen LogP contribution >= 0.6 is 0 Å². The summed E-state index contributed by atoms with van der Waals surface area (Å²) in [7, 11) is 3.79. The maximum absolute atomic E-state index is 12.2. The Labute approximate surface area is 171 Å². The van der Waals surface area contributed by atoms with Gasteiger partial charge in [0.2, 0.25) is 11.8 Å². The van der Waals surface area contributed by atoms with Crippen molar-refractivity contribution >= 4 is 29.0 Å². The van der Waals surface area contributed by atoms with Gasteiger partial charge >= 0.3 is 5.97 Å². The molecule has 156 valence electrons. The number of esters is 1. The van der Waals surface area contributed by atoms with Crippen LogP contribution in [0.4, 0.5) is 5.69 Å². The second-order valence-electron chi connectivity index (χ2n) is 7.61. The molecule has 0 aliphatic carbocycles. The zero-order valence-electron chi connectivity index (χ0n) is 17.2. The molecule has 1 atom stereocenters. The minimum absolute atomic E-state index is 0.157. The largest absolute Gasteiger partial charge is 0.453 e. The highest BCUT2D eigenvalue weighted by atomic mass is 16.5. The highest BCUT2D eigenvalue weighted by Gasteiger charge is 2.27. The third-order valence-electron chi connectivity index (χ3n) is 5.01. The van der Waals surface area contributed by atoms with Crippen LogP contribution in [0, 0.1) is 0 Å². The number of benzene rings is 1. The van der Waals surface area contributed by atoms with Gasteiger partial charge in [0, 0.05) is 38.8 Å². The second kappa shape index (κ2) is 9.09. The van der Waals surface area contributed by atoms with Gasteiger partial charge in [0.1, 0.15) is 6.10 Å². The van der Waals surface area contributed by atoms with Crippen molar-refractivity contribution in [1.82, 2.24) is 15.1 Å². The van der Waals surface area contributed by atoms with Crippen molar-refractivity contribution in [3.63, 3.8) is 0 Å². The fourth-order valence-corrected chi connectivity index (χ4v) is 3.48. The van der Waals surface area contributed by atoms with E-state index in [1.807, 2.05) is 48.2 Å². The molecule has 29 heavy (non-hydrogen) atoms. The van der Waals surface area contributed by atoms with Gasteiger partial charge in [-0.2, -0.15) is 0 Å². The Balaban J connectivity index is 1.58. The number of rotatable bonds is 6. The van der Waals surface area contributed by atoms with Gasteiger partial charge in [-0.15, -0.1) is 0 Å². The first kappa shape index (κ1) is 20.9. The first-order valence-corrected chi connectivity index (χ1v) is 9.78. The summed E-state index contributed by atoms with van der Waals surface area (Å²) in [6, 6.07) is 7.79. The van der Waals surface area contributed by atoms with Crippen LogP contribution in [-0.4, -0.2) is 87.1 Å². The molecule has 0 spiro atoms. The Morgan fingerprint density at radius 2 is 1.79 bits per heavy atom. The van der Waals surface area contributed by atoms with Crippen LogP contribution in [0.2, 0.25) is 0 Å². The van der Waals surface area contributed by atoms with E-state index in [-0.39, 0.29) is 24.3 Å². The van der Waals surface area contributed by atoms with Crippen molar-refractivity contribution in [1.29, 1.82) is 0 Å². The van der Waals surface area contributed by atoms with E-state index in [9.17, 15) is 14.4 Å². The summed E-state index contributed by atoms with van der Waals surface area (Å²) in [6.45, 7) is 5.11. The van der Waals surface area contributed by atoms with Gasteiger partial charge in [-0.25, -0.2) is 4.79 Å². The normalized spacial score (nSPS) is 19.2. The molecule has 2 aliphatic heterocycles. The van der Waals surface area contributed by atoms with E-state index in [1.165, 1.54) is 6.92 Å². The average Bonchev–Trinajstić information content (AvgIpc) is 3.07. The van der Waals surface area contributed by atoms with Crippen LogP contribution in [-0.2, 0) is 19.1 Å². The topological polar surface area (TPSA) is 82.2 Å². The minimum Gasteiger partial charge on any atom is -0.453 e. The number of carbonyl (C=O) groups excluding carboxylic acids is 3. The molecule has 8 nitrogen and oxygen atoms in total. The summed E-state index contributed by atoms with van der Waals surface area (Å²) in [4.78, 5) is 41.4. The van der Waals surface area contributed by atoms with Gasteiger partial charge in [-0.1, -0.05) is 12.1 Å². The van der Waals surface area contributed by atoms with Gasteiger partial charge in [0.05, 0.1) is 18.7 Å². The van der Waals surface area contributed by atoms with Crippen LogP contribution in [0.25, 0.3) is 5.57 Å². The number of amides is 2. The van der Waals surface area contributed by atoms with E-state index < -0.39 is 6.10 Å². The molecular weight excluding hydrogens is 372 g/mol. The lowest BCUT2D eigenvalue weighted by atomic mass is 10.0. The van der Waals surface area contributed by atoms with E-state index >= 15 is 0 Å². The first-order valence-electron chi connectivity index (χ1n) is 9.78. The van der Waals surface area contributed by atoms with Crippen molar-refractivity contribution in [2.75, 3.05) is 58.3 Å². The lowest BCUT2D eigenvalue weighted by molar-refractivity contribution is -0.138. The number of nitrogens with zero attached hydrogens (tertiary/aromatic N) is 3. The first-order chi connectivity index (χ1) is 13.8. The number of hydrogen-bond acceptors (Lipinski definition) is 6. The molecule has 3 rings (SSSR count). The van der Waals surface area contributed by atoms with Crippen LogP contribution in [0.3, 0.4) is 0 Å². The molecule has 1 fully saturated rings. The molecule has 2 amide bonds. The molecule has 0 radical (unpaired) electrons. The molecule has 1 aromatic carbocycles. The zero-order valence-corrected chi connectivity index (χ0v) is 17.2. The zero-order chi connectivity index (χ0) is 21.0. The number of likely N-dealkylation sites (N-methyl/N-ethyl adjacent to an activating group) is 1. The molecule has 1 saturated heterocycles. The Hall–Kier alpha value is -2.87. The van der Waals surface area contributed by atoms with Crippen LogP contribution in [0.15, 0.2) is 30.3 Å². The Bertz CT molecular complexity index is 795. The third kappa shape index (κ3) is 5.35. The number of ether oxygens (including phenoxy) is 1. The summed E-state index contributed by atoms with van der Waals surface area (Å²) in [5.74, 6) is -0.373. The predicted octanol–water partition coefficient (Wildman–Crippen LogP) is 0.342. The van der Waals surface area contributed by atoms with E-state index in [4.69, 9.17) is 4.74 Å². The monoisotopic (exact) mass is 400 g/mol. The predicted molar refractivity (Wildman–Crippen MR) is 110 cm³/mol. The second-order valence-corrected chi connectivity index (χ2v) is 7.61. The maximum Gasteiger partial charge on any atom is 0.339 e. The number of carbonyl (C=O) groups is 3. The number of anilines is 1. The highest BCUT2D eigenvalue weighted by molar-refractivity contribution is 6.18. The molecule has 1 aromatic rings. The SMILES string of the molecule is CC(=O)NCC1C=C(c2ccc(N3CCN(C(=O)CN(C)C)CC3)cc2)C(=O)O1. The van der Waals surface area contributed by atoms with Crippen molar-refractivity contribution in [3.05, 3.63) is 35.9 Å². The van der Waals surface area contributed by atoms with E-state index in [0.29, 0.717) is 25.2 Å². The minimum atomic E-state index is -0.436. The summed E-state index contributed by atoms with van der Waals surface area (Å²) in [6.07, 6.45) is 1.32. The summed E-state index contributed by atoms with van der Waals surface area (Å²) in [5.41, 5.74) is 2.38. The molecule has 0 bridgehead atoms. The van der Waals surface area contributed by atoms with E-state index in [1.54, 1.807) is 6.08 Å². The van der Waals surface area contributed by atoms with Gasteiger partial charge in [-0.05, 0) is 37.9 Å². The number of nitrogens with one attached hydrogen (secondary N) is 1. The molecule has 0 saturated carbocycles. The standard InChI is InChI=1S/C21H28N4O4/c1-15(26)22-13-18-12-19(21(28)29-18)16-4-6-17(7-5-16)24-8-10-25(11-9-24)20(27)14-23(2)3/h4-7,12,18H,8-11,13-14H2,1-3H3,(H,22,26). The van der Waals surface area contributed by atoms with Crippen LogP contribution < -0.4 is 10.2 Å². The van der Waals surface area contributed by atoms with Gasteiger partial charge in [0.25, 0.3) is 0 Å². The molecule has 1 unspecified atom stereocenters. The molecule has 2 aliphatic rings. The van der Waals surface area contributed by atoms with Gasteiger partial charge in [0.15, 0.2) is 0 Å². The van der Waals surface area contributed by atoms with Crippen LogP contribution in [0.1, 0.15) is 12.5 Å². The number of piperazine rings is 1. The van der Waals surface area contributed by atoms with Crippen LogP contribution in [0.5, 0.6) is 0 Å². The lowest BCUT2D eigenvalue weighted by Crippen LogP contribution is -2.50. The molecule has 8 heteroatoms. The van der Waals surface area contributed by atoms with Crippen molar-refractivity contribution < 1.29 is 19.1 Å². The van der Waals surface area contributed by atoms with Gasteiger partial charge in [-0.3, -0.25) is 9.59 Å². The molecular formula is C21H28N4O4.